The smallest absolute Gasteiger partial charge is 0.292 e. The number of para-hydroxylation sites is 2. The van der Waals surface area contributed by atoms with Crippen molar-refractivity contribution in [2.75, 3.05) is 11.1 Å². The molecular weight excluding hydrogens is 422 g/mol. The van der Waals surface area contributed by atoms with Crippen molar-refractivity contribution < 1.29 is 9.72 Å². The van der Waals surface area contributed by atoms with Gasteiger partial charge in [0.25, 0.3) is 5.69 Å². The van der Waals surface area contributed by atoms with Crippen molar-refractivity contribution in [1.82, 2.24) is 14.8 Å². The standard InChI is InChI=1S/C20H21N5O3S2/c1-12-7-8-13-14(10-29-17(13)9-12)19-22-23-20(24(19)2)30-11-18(26)21-15-5-3-4-6-16(15)25(27)28/h3-6,10,12H,7-9,11H2,1-2H3,(H,21,26). The normalized spacial score (nSPS) is 15.6. The van der Waals surface area contributed by atoms with Gasteiger partial charge in [-0.15, -0.1) is 21.5 Å². The van der Waals surface area contributed by atoms with Crippen molar-refractivity contribution in [3.05, 3.63) is 50.2 Å². The van der Waals surface area contributed by atoms with Crippen LogP contribution in [0.2, 0.25) is 0 Å². The van der Waals surface area contributed by atoms with Gasteiger partial charge in [0.1, 0.15) is 5.69 Å². The number of amides is 1. The highest BCUT2D eigenvalue weighted by molar-refractivity contribution is 7.99. The lowest BCUT2D eigenvalue weighted by molar-refractivity contribution is -0.383. The Morgan fingerprint density at radius 1 is 1.40 bits per heavy atom. The molecule has 1 aliphatic carbocycles. The van der Waals surface area contributed by atoms with Crippen LogP contribution in [0.25, 0.3) is 11.4 Å². The lowest BCUT2D eigenvalue weighted by Crippen LogP contribution is -2.15. The molecule has 3 aromatic rings. The van der Waals surface area contributed by atoms with Crippen LogP contribution < -0.4 is 5.32 Å². The molecule has 1 N–H and O–H groups in total. The number of fused-ring (bicyclic) bond motifs is 1. The molecule has 1 unspecified atom stereocenters. The Morgan fingerprint density at radius 3 is 3.00 bits per heavy atom. The van der Waals surface area contributed by atoms with Crippen molar-refractivity contribution in [3.8, 4) is 11.4 Å². The molecule has 4 rings (SSSR count). The Bertz CT molecular complexity index is 1110. The molecule has 1 aliphatic rings. The Morgan fingerprint density at radius 2 is 2.20 bits per heavy atom. The minimum atomic E-state index is -0.514. The molecule has 1 atom stereocenters. The zero-order chi connectivity index (χ0) is 21.3. The summed E-state index contributed by atoms with van der Waals surface area (Å²) in [6.07, 6.45) is 3.36. The van der Waals surface area contributed by atoms with Gasteiger partial charge < -0.3 is 9.88 Å². The van der Waals surface area contributed by atoms with Gasteiger partial charge in [-0.3, -0.25) is 14.9 Å². The first kappa shape index (κ1) is 20.5. The minimum Gasteiger partial charge on any atom is -0.320 e. The molecule has 0 spiro atoms. The number of hydrogen-bond donors (Lipinski definition) is 1. The number of carbonyl (C=O) groups excluding carboxylic acids is 1. The van der Waals surface area contributed by atoms with E-state index >= 15 is 0 Å². The van der Waals surface area contributed by atoms with E-state index in [4.69, 9.17) is 0 Å². The maximum atomic E-state index is 12.3. The highest BCUT2D eigenvalue weighted by atomic mass is 32.2. The fourth-order valence-electron chi connectivity index (χ4n) is 3.59. The number of nitrogens with one attached hydrogen (secondary N) is 1. The fourth-order valence-corrected chi connectivity index (χ4v) is 5.55. The lowest BCUT2D eigenvalue weighted by atomic mass is 9.88. The zero-order valence-electron chi connectivity index (χ0n) is 16.6. The first-order chi connectivity index (χ1) is 14.4. The van der Waals surface area contributed by atoms with Gasteiger partial charge in [0, 0.05) is 28.9 Å². The Labute approximate surface area is 181 Å². The van der Waals surface area contributed by atoms with Crippen molar-refractivity contribution in [3.63, 3.8) is 0 Å². The molecule has 2 aromatic heterocycles. The number of anilines is 1. The van der Waals surface area contributed by atoms with Crippen molar-refractivity contribution in [2.24, 2.45) is 13.0 Å². The van der Waals surface area contributed by atoms with Gasteiger partial charge in [-0.1, -0.05) is 30.8 Å². The topological polar surface area (TPSA) is 103 Å². The van der Waals surface area contributed by atoms with Crippen LogP contribution in [-0.2, 0) is 24.7 Å². The van der Waals surface area contributed by atoms with Crippen molar-refractivity contribution in [1.29, 1.82) is 0 Å². The summed E-state index contributed by atoms with van der Waals surface area (Å²) in [4.78, 5) is 24.3. The van der Waals surface area contributed by atoms with E-state index in [1.54, 1.807) is 23.5 Å². The molecule has 0 fully saturated rings. The maximum Gasteiger partial charge on any atom is 0.292 e. The number of rotatable bonds is 6. The molecule has 0 saturated heterocycles. The number of carbonyl (C=O) groups is 1. The van der Waals surface area contributed by atoms with E-state index in [0.29, 0.717) is 11.1 Å². The number of benzene rings is 1. The van der Waals surface area contributed by atoms with E-state index in [1.165, 1.54) is 40.8 Å². The molecule has 1 aromatic carbocycles. The van der Waals surface area contributed by atoms with Crippen LogP contribution in [0.15, 0.2) is 34.8 Å². The number of nitro groups is 1. The average molecular weight is 444 g/mol. The van der Waals surface area contributed by atoms with Crippen LogP contribution in [0.5, 0.6) is 0 Å². The van der Waals surface area contributed by atoms with Gasteiger partial charge in [0.15, 0.2) is 11.0 Å². The maximum absolute atomic E-state index is 12.3. The van der Waals surface area contributed by atoms with Crippen LogP contribution in [0.1, 0.15) is 23.8 Å². The summed E-state index contributed by atoms with van der Waals surface area (Å²) >= 11 is 3.04. The Balaban J connectivity index is 1.44. The average Bonchev–Trinajstić information content (AvgIpc) is 3.29. The fraction of sp³-hybridized carbons (Fsp3) is 0.350. The lowest BCUT2D eigenvalue weighted by Gasteiger charge is -2.18. The summed E-state index contributed by atoms with van der Waals surface area (Å²) in [6.45, 7) is 2.29. The van der Waals surface area contributed by atoms with Crippen LogP contribution in [-0.4, -0.2) is 31.3 Å². The van der Waals surface area contributed by atoms with E-state index in [9.17, 15) is 14.9 Å². The molecule has 0 radical (unpaired) electrons. The summed E-state index contributed by atoms with van der Waals surface area (Å²) in [5, 5.41) is 25.1. The monoisotopic (exact) mass is 443 g/mol. The molecule has 0 aliphatic heterocycles. The molecule has 1 amide bonds. The molecule has 30 heavy (non-hydrogen) atoms. The number of thiophene rings is 1. The Kier molecular flexibility index (Phi) is 5.87. The predicted octanol–water partition coefficient (Wildman–Crippen LogP) is 4.31. The third-order valence-electron chi connectivity index (χ3n) is 5.18. The summed E-state index contributed by atoms with van der Waals surface area (Å²) in [5.74, 6) is 1.27. The van der Waals surface area contributed by atoms with E-state index in [2.05, 4.69) is 27.8 Å². The minimum absolute atomic E-state index is 0.0806. The predicted molar refractivity (Wildman–Crippen MR) is 118 cm³/mol. The summed E-state index contributed by atoms with van der Waals surface area (Å²) in [6, 6.07) is 6.09. The second kappa shape index (κ2) is 8.57. The van der Waals surface area contributed by atoms with E-state index < -0.39 is 4.92 Å². The molecule has 156 valence electrons. The highest BCUT2D eigenvalue weighted by Crippen LogP contribution is 2.38. The number of nitrogens with zero attached hydrogens (tertiary/aromatic N) is 4. The molecular formula is C20H21N5O3S2. The second-order valence-corrected chi connectivity index (χ2v) is 9.28. The Hall–Kier alpha value is -2.72. The van der Waals surface area contributed by atoms with Gasteiger partial charge in [-0.05, 0) is 36.8 Å². The number of aromatic nitrogens is 3. The quantitative estimate of drug-likeness (QED) is 0.346. The first-order valence-corrected chi connectivity index (χ1v) is 11.5. The third kappa shape index (κ3) is 4.10. The van der Waals surface area contributed by atoms with Gasteiger partial charge >= 0.3 is 0 Å². The van der Waals surface area contributed by atoms with E-state index in [0.717, 1.165) is 24.2 Å². The molecule has 8 nitrogen and oxygen atoms in total. The van der Waals surface area contributed by atoms with E-state index in [1.807, 2.05) is 11.6 Å². The third-order valence-corrected chi connectivity index (χ3v) is 7.26. The van der Waals surface area contributed by atoms with Crippen LogP contribution in [0, 0.1) is 16.0 Å². The van der Waals surface area contributed by atoms with Crippen LogP contribution in [0.4, 0.5) is 11.4 Å². The van der Waals surface area contributed by atoms with Crippen molar-refractivity contribution in [2.45, 2.75) is 31.3 Å². The van der Waals surface area contributed by atoms with Gasteiger partial charge in [0.2, 0.25) is 5.91 Å². The van der Waals surface area contributed by atoms with Gasteiger partial charge in [0.05, 0.1) is 10.7 Å². The molecule has 0 bridgehead atoms. The first-order valence-electron chi connectivity index (χ1n) is 9.59. The molecule has 10 heteroatoms. The van der Waals surface area contributed by atoms with Gasteiger partial charge in [-0.25, -0.2) is 0 Å². The summed E-state index contributed by atoms with van der Waals surface area (Å²) in [5.41, 5.74) is 2.56. The number of hydrogen-bond acceptors (Lipinski definition) is 7. The van der Waals surface area contributed by atoms with Crippen molar-refractivity contribution >= 4 is 40.4 Å². The van der Waals surface area contributed by atoms with Crippen LogP contribution >= 0.6 is 23.1 Å². The van der Waals surface area contributed by atoms with Crippen LogP contribution in [0.3, 0.4) is 0 Å². The zero-order valence-corrected chi connectivity index (χ0v) is 18.3. The van der Waals surface area contributed by atoms with Gasteiger partial charge in [-0.2, -0.15) is 0 Å². The highest BCUT2D eigenvalue weighted by Gasteiger charge is 2.24. The number of nitro benzene ring substituents is 1. The second-order valence-electron chi connectivity index (χ2n) is 7.38. The van der Waals surface area contributed by atoms with E-state index in [-0.39, 0.29) is 23.0 Å². The number of thioether (sulfide) groups is 1. The summed E-state index contributed by atoms with van der Waals surface area (Å²) < 4.78 is 1.91. The largest absolute Gasteiger partial charge is 0.320 e. The summed E-state index contributed by atoms with van der Waals surface area (Å²) in [7, 11) is 1.90. The SMILES string of the molecule is CC1CCc2c(-c3nnc(SCC(=O)Nc4ccccc4[N+](=O)[O-])n3C)csc2C1. The molecule has 2 heterocycles. The molecule has 0 saturated carbocycles.